The Bertz CT molecular complexity index is 548. The van der Waals surface area contributed by atoms with E-state index in [1.54, 1.807) is 0 Å². The molecule has 0 aliphatic carbocycles. The number of nitrogens with zero attached hydrogens (tertiary/aromatic N) is 1. The average molecular weight is 297 g/mol. The quantitative estimate of drug-likeness (QED) is 0.802. The largest absolute Gasteiger partial charge is 0.467 e. The molecule has 6 heteroatoms. The molecule has 1 fully saturated rings. The monoisotopic (exact) mass is 297 g/mol. The molecule has 0 N–H and O–H groups in total. The number of piperidine rings is 1. The van der Waals surface area contributed by atoms with Crippen molar-refractivity contribution in [2.75, 3.05) is 13.7 Å². The fourth-order valence-electron chi connectivity index (χ4n) is 2.56. The molecule has 4 nitrogen and oxygen atoms in total. The number of rotatable bonds is 3. The van der Waals surface area contributed by atoms with Crippen LogP contribution in [0.25, 0.3) is 0 Å². The summed E-state index contributed by atoms with van der Waals surface area (Å²) in [6.45, 7) is 0.426. The number of amides is 1. The number of hydrogen-bond acceptors (Lipinski definition) is 3. The number of methoxy groups -OCH3 is 1. The number of hydrogen-bond donors (Lipinski definition) is 0. The van der Waals surface area contributed by atoms with Crippen LogP contribution in [0.15, 0.2) is 18.2 Å². The summed E-state index contributed by atoms with van der Waals surface area (Å²) in [5, 5.41) is 0. The van der Waals surface area contributed by atoms with Crippen LogP contribution in [-0.2, 0) is 20.7 Å². The minimum absolute atomic E-state index is 0.00538. The molecule has 1 aliphatic heterocycles. The van der Waals surface area contributed by atoms with E-state index in [0.717, 1.165) is 18.9 Å². The standard InChI is InChI=1S/C15H17F2NO3/c1-21-15(20)12-7-2-3-8-18(12)13(19)9-10-5-4-6-11(16)14(10)17/h4-6,12H,2-3,7-9H2,1H3/t12-/m1/s1. The van der Waals surface area contributed by atoms with Crippen LogP contribution < -0.4 is 0 Å². The lowest BCUT2D eigenvalue weighted by Crippen LogP contribution is -2.49. The third-order valence-corrected chi connectivity index (χ3v) is 3.67. The first-order valence-electron chi connectivity index (χ1n) is 6.84. The fourth-order valence-corrected chi connectivity index (χ4v) is 2.56. The van der Waals surface area contributed by atoms with Gasteiger partial charge in [0.1, 0.15) is 6.04 Å². The fraction of sp³-hybridized carbons (Fsp3) is 0.467. The van der Waals surface area contributed by atoms with Gasteiger partial charge in [-0.05, 0) is 25.3 Å². The topological polar surface area (TPSA) is 46.6 Å². The summed E-state index contributed by atoms with van der Waals surface area (Å²) >= 11 is 0. The molecule has 0 radical (unpaired) electrons. The second kappa shape index (κ2) is 6.65. The predicted molar refractivity (Wildman–Crippen MR) is 71.4 cm³/mol. The summed E-state index contributed by atoms with van der Waals surface area (Å²) in [5.74, 6) is -2.86. The minimum atomic E-state index is -1.02. The summed E-state index contributed by atoms with van der Waals surface area (Å²) < 4.78 is 31.5. The van der Waals surface area contributed by atoms with Gasteiger partial charge in [0.2, 0.25) is 5.91 Å². The molecule has 1 aliphatic rings. The van der Waals surface area contributed by atoms with E-state index in [2.05, 4.69) is 0 Å². The first-order chi connectivity index (χ1) is 10.0. The number of carbonyl (C=O) groups excluding carboxylic acids is 2. The average Bonchev–Trinajstić information content (AvgIpc) is 2.51. The van der Waals surface area contributed by atoms with E-state index in [1.807, 2.05) is 0 Å². The highest BCUT2D eigenvalue weighted by Crippen LogP contribution is 2.20. The maximum Gasteiger partial charge on any atom is 0.328 e. The van der Waals surface area contributed by atoms with E-state index in [1.165, 1.54) is 24.1 Å². The molecular weight excluding hydrogens is 280 g/mol. The molecule has 0 unspecified atom stereocenters. The van der Waals surface area contributed by atoms with Gasteiger partial charge in [0.15, 0.2) is 11.6 Å². The minimum Gasteiger partial charge on any atom is -0.467 e. The first kappa shape index (κ1) is 15.4. The van der Waals surface area contributed by atoms with Gasteiger partial charge in [-0.3, -0.25) is 4.79 Å². The molecular formula is C15H17F2NO3. The molecule has 114 valence electrons. The number of esters is 1. The molecule has 1 aromatic rings. The molecule has 2 rings (SSSR count). The number of likely N-dealkylation sites (tertiary alicyclic amines) is 1. The highest BCUT2D eigenvalue weighted by atomic mass is 19.2. The number of benzene rings is 1. The van der Waals surface area contributed by atoms with Crippen molar-refractivity contribution in [1.82, 2.24) is 4.90 Å². The van der Waals surface area contributed by atoms with Gasteiger partial charge in [-0.25, -0.2) is 13.6 Å². The molecule has 1 amide bonds. The second-order valence-corrected chi connectivity index (χ2v) is 5.01. The van der Waals surface area contributed by atoms with Gasteiger partial charge in [-0.1, -0.05) is 12.1 Å². The molecule has 1 heterocycles. The normalized spacial score (nSPS) is 18.4. The number of ether oxygens (including phenoxy) is 1. The molecule has 1 aromatic carbocycles. The molecule has 0 aromatic heterocycles. The maximum absolute atomic E-state index is 13.6. The van der Waals surface area contributed by atoms with E-state index in [9.17, 15) is 18.4 Å². The Kier molecular flexibility index (Phi) is 4.88. The summed E-state index contributed by atoms with van der Waals surface area (Å²) in [4.78, 5) is 25.4. The highest BCUT2D eigenvalue weighted by Gasteiger charge is 2.33. The van der Waals surface area contributed by atoms with E-state index in [4.69, 9.17) is 4.74 Å². The van der Waals surface area contributed by atoms with Crippen LogP contribution in [0.1, 0.15) is 24.8 Å². The van der Waals surface area contributed by atoms with Crippen molar-refractivity contribution >= 4 is 11.9 Å². The number of carbonyl (C=O) groups is 2. The van der Waals surface area contributed by atoms with E-state index < -0.39 is 29.6 Å². The first-order valence-corrected chi connectivity index (χ1v) is 6.84. The Morgan fingerprint density at radius 3 is 2.81 bits per heavy atom. The van der Waals surface area contributed by atoms with E-state index in [-0.39, 0.29) is 12.0 Å². The van der Waals surface area contributed by atoms with Crippen LogP contribution >= 0.6 is 0 Å². The van der Waals surface area contributed by atoms with Crippen LogP contribution in [0.5, 0.6) is 0 Å². The molecule has 0 saturated carbocycles. The van der Waals surface area contributed by atoms with Gasteiger partial charge in [-0.15, -0.1) is 0 Å². The SMILES string of the molecule is COC(=O)[C@H]1CCCCN1C(=O)Cc1cccc(F)c1F. The second-order valence-electron chi connectivity index (χ2n) is 5.01. The van der Waals surface area contributed by atoms with E-state index >= 15 is 0 Å². The van der Waals surface area contributed by atoms with Gasteiger partial charge >= 0.3 is 5.97 Å². The van der Waals surface area contributed by atoms with Crippen LogP contribution in [-0.4, -0.2) is 36.5 Å². The van der Waals surface area contributed by atoms with Crippen LogP contribution in [0.3, 0.4) is 0 Å². The van der Waals surface area contributed by atoms with Gasteiger partial charge in [0.25, 0.3) is 0 Å². The Morgan fingerprint density at radius 1 is 1.33 bits per heavy atom. The van der Waals surface area contributed by atoms with Crippen LogP contribution in [0, 0.1) is 11.6 Å². The third-order valence-electron chi connectivity index (χ3n) is 3.67. The van der Waals surface area contributed by atoms with Gasteiger partial charge in [-0.2, -0.15) is 0 Å². The summed E-state index contributed by atoms with van der Waals surface area (Å²) in [7, 11) is 1.27. The Morgan fingerprint density at radius 2 is 2.10 bits per heavy atom. The lowest BCUT2D eigenvalue weighted by atomic mass is 10.0. The lowest BCUT2D eigenvalue weighted by Gasteiger charge is -2.33. The van der Waals surface area contributed by atoms with Gasteiger partial charge in [0, 0.05) is 12.1 Å². The number of halogens is 2. The smallest absolute Gasteiger partial charge is 0.328 e. The van der Waals surface area contributed by atoms with Gasteiger partial charge < -0.3 is 9.64 Å². The van der Waals surface area contributed by atoms with Crippen molar-refractivity contribution < 1.29 is 23.1 Å². The zero-order valence-corrected chi connectivity index (χ0v) is 11.8. The Balaban J connectivity index is 2.14. The molecule has 1 saturated heterocycles. The molecule has 0 spiro atoms. The Hall–Kier alpha value is -1.98. The van der Waals surface area contributed by atoms with Crippen molar-refractivity contribution in [2.45, 2.75) is 31.7 Å². The van der Waals surface area contributed by atoms with Crippen molar-refractivity contribution in [3.8, 4) is 0 Å². The van der Waals surface area contributed by atoms with Crippen molar-refractivity contribution in [3.05, 3.63) is 35.4 Å². The molecule has 0 bridgehead atoms. The zero-order chi connectivity index (χ0) is 15.4. The van der Waals surface area contributed by atoms with Crippen molar-refractivity contribution in [1.29, 1.82) is 0 Å². The predicted octanol–water partition coefficient (Wildman–Crippen LogP) is 2.06. The van der Waals surface area contributed by atoms with E-state index in [0.29, 0.717) is 13.0 Å². The Labute approximate surface area is 121 Å². The van der Waals surface area contributed by atoms with Crippen molar-refractivity contribution in [2.24, 2.45) is 0 Å². The molecule has 1 atom stereocenters. The molecule has 21 heavy (non-hydrogen) atoms. The summed E-state index contributed by atoms with van der Waals surface area (Å²) in [6.07, 6.45) is 1.88. The highest BCUT2D eigenvalue weighted by molar-refractivity contribution is 5.86. The van der Waals surface area contributed by atoms with Crippen LogP contribution in [0.4, 0.5) is 8.78 Å². The summed E-state index contributed by atoms with van der Waals surface area (Å²) in [6, 6.07) is 3.09. The van der Waals surface area contributed by atoms with Crippen molar-refractivity contribution in [3.63, 3.8) is 0 Å². The maximum atomic E-state index is 13.6. The third kappa shape index (κ3) is 3.37. The van der Waals surface area contributed by atoms with Gasteiger partial charge in [0.05, 0.1) is 13.5 Å². The van der Waals surface area contributed by atoms with Crippen LogP contribution in [0.2, 0.25) is 0 Å². The lowest BCUT2D eigenvalue weighted by molar-refractivity contribution is -0.154. The zero-order valence-electron chi connectivity index (χ0n) is 11.8. The summed E-state index contributed by atoms with van der Waals surface area (Å²) in [5.41, 5.74) is -0.00538.